The standard InChI is InChI=1S/C23H27FN4O2/c24-19-3-1-2-4-21(19)27-9-7-17(8-10-27)26-22(29)18-5-6-20-16-11-15(12-25-13-16)14-28(20)23(18)30/h1-6,15-17,25H,7-14H2,(H,26,29)/t15-,16+/m0/s1. The number of anilines is 1. The highest BCUT2D eigenvalue weighted by atomic mass is 19.1. The number of nitrogens with one attached hydrogen (secondary N) is 2. The molecule has 4 heterocycles. The number of benzene rings is 1. The molecule has 2 aromatic rings. The number of pyridine rings is 1. The largest absolute Gasteiger partial charge is 0.369 e. The van der Waals surface area contributed by atoms with Crippen LogP contribution in [0, 0.1) is 11.7 Å². The van der Waals surface area contributed by atoms with Gasteiger partial charge < -0.3 is 20.1 Å². The molecule has 2 atom stereocenters. The minimum atomic E-state index is -0.298. The van der Waals surface area contributed by atoms with E-state index in [0.29, 0.717) is 37.2 Å². The lowest BCUT2D eigenvalue weighted by Gasteiger charge is -2.37. The van der Waals surface area contributed by atoms with Gasteiger partial charge in [-0.05, 0) is 56.0 Å². The van der Waals surface area contributed by atoms with Crippen LogP contribution in [0.5, 0.6) is 0 Å². The predicted molar refractivity (Wildman–Crippen MR) is 114 cm³/mol. The first-order valence-corrected chi connectivity index (χ1v) is 10.8. The molecule has 1 aromatic carbocycles. The maximum Gasteiger partial charge on any atom is 0.263 e. The molecule has 2 saturated heterocycles. The van der Waals surface area contributed by atoms with Gasteiger partial charge in [0.25, 0.3) is 11.5 Å². The van der Waals surface area contributed by atoms with Gasteiger partial charge in [0, 0.05) is 43.8 Å². The van der Waals surface area contributed by atoms with Crippen LogP contribution in [-0.4, -0.2) is 42.7 Å². The van der Waals surface area contributed by atoms with Crippen molar-refractivity contribution in [1.82, 2.24) is 15.2 Å². The van der Waals surface area contributed by atoms with Gasteiger partial charge in [0.1, 0.15) is 11.4 Å². The lowest BCUT2D eigenvalue weighted by atomic mass is 9.84. The SMILES string of the molecule is O=C(NC1CCN(c2ccccc2F)CC1)c1ccc2n(c1=O)C[C@@H]1CNC[C@H]2C1. The second-order valence-corrected chi connectivity index (χ2v) is 8.73. The highest BCUT2D eigenvalue weighted by molar-refractivity contribution is 5.94. The van der Waals surface area contributed by atoms with Gasteiger partial charge in [-0.3, -0.25) is 9.59 Å². The molecule has 7 heteroatoms. The summed E-state index contributed by atoms with van der Waals surface area (Å²) in [6.45, 7) is 3.85. The van der Waals surface area contributed by atoms with Gasteiger partial charge in [0.2, 0.25) is 0 Å². The second kappa shape index (κ2) is 7.87. The quantitative estimate of drug-likeness (QED) is 0.813. The third kappa shape index (κ3) is 3.51. The summed E-state index contributed by atoms with van der Waals surface area (Å²) in [5.74, 6) is 0.288. The number of rotatable bonds is 3. The van der Waals surface area contributed by atoms with Crippen molar-refractivity contribution in [3.8, 4) is 0 Å². The van der Waals surface area contributed by atoms with Crippen LogP contribution in [0.25, 0.3) is 0 Å². The minimum absolute atomic E-state index is 0.00969. The van der Waals surface area contributed by atoms with Crippen LogP contribution in [0.2, 0.25) is 0 Å². The number of hydrogen-bond acceptors (Lipinski definition) is 4. The fourth-order valence-corrected chi connectivity index (χ4v) is 5.20. The van der Waals surface area contributed by atoms with Crippen LogP contribution in [0.4, 0.5) is 10.1 Å². The first kappa shape index (κ1) is 19.3. The van der Waals surface area contributed by atoms with Crippen molar-refractivity contribution in [2.45, 2.75) is 37.8 Å². The molecule has 1 aromatic heterocycles. The summed E-state index contributed by atoms with van der Waals surface area (Å²) in [6.07, 6.45) is 2.56. The number of carbonyl (C=O) groups excluding carboxylic acids is 1. The summed E-state index contributed by atoms with van der Waals surface area (Å²) >= 11 is 0. The minimum Gasteiger partial charge on any atom is -0.369 e. The number of hydrogen-bond donors (Lipinski definition) is 2. The number of carbonyl (C=O) groups is 1. The van der Waals surface area contributed by atoms with Crippen LogP contribution in [0.1, 0.15) is 41.2 Å². The van der Waals surface area contributed by atoms with Crippen LogP contribution in [0.3, 0.4) is 0 Å². The Balaban J connectivity index is 1.26. The van der Waals surface area contributed by atoms with Gasteiger partial charge in [0.05, 0.1) is 5.69 Å². The van der Waals surface area contributed by atoms with Gasteiger partial charge >= 0.3 is 0 Å². The molecule has 3 aliphatic rings. The van der Waals surface area contributed by atoms with Gasteiger partial charge in [-0.25, -0.2) is 4.39 Å². The van der Waals surface area contributed by atoms with Crippen LogP contribution in [-0.2, 0) is 6.54 Å². The topological polar surface area (TPSA) is 66.4 Å². The molecule has 0 unspecified atom stereocenters. The molecule has 2 N–H and O–H groups in total. The number of fused-ring (bicyclic) bond motifs is 4. The average molecular weight is 410 g/mol. The van der Waals surface area contributed by atoms with Crippen LogP contribution >= 0.6 is 0 Å². The molecule has 0 aliphatic carbocycles. The molecular weight excluding hydrogens is 383 g/mol. The monoisotopic (exact) mass is 410 g/mol. The molecule has 0 spiro atoms. The summed E-state index contributed by atoms with van der Waals surface area (Å²) in [4.78, 5) is 27.9. The van der Waals surface area contributed by atoms with Crippen molar-refractivity contribution in [2.24, 2.45) is 5.92 Å². The molecule has 2 fully saturated rings. The Labute approximate surface area is 175 Å². The molecule has 5 rings (SSSR count). The molecule has 1 amide bonds. The number of aromatic nitrogens is 1. The Hall–Kier alpha value is -2.67. The van der Waals surface area contributed by atoms with Crippen molar-refractivity contribution in [1.29, 1.82) is 0 Å². The zero-order valence-electron chi connectivity index (χ0n) is 16.9. The van der Waals surface area contributed by atoms with E-state index in [1.165, 1.54) is 6.07 Å². The predicted octanol–water partition coefficient (Wildman–Crippen LogP) is 2.09. The maximum absolute atomic E-state index is 14.0. The lowest BCUT2D eigenvalue weighted by molar-refractivity contribution is 0.0928. The van der Waals surface area contributed by atoms with E-state index < -0.39 is 0 Å². The van der Waals surface area contributed by atoms with Crippen LogP contribution in [0.15, 0.2) is 41.2 Å². The normalized spacial score (nSPS) is 23.7. The van der Waals surface area contributed by atoms with E-state index in [9.17, 15) is 14.0 Å². The third-order valence-corrected chi connectivity index (χ3v) is 6.78. The van der Waals surface area contributed by atoms with Crippen LogP contribution < -0.4 is 21.1 Å². The van der Waals surface area contributed by atoms with Gasteiger partial charge in [-0.2, -0.15) is 0 Å². The zero-order chi connectivity index (χ0) is 20.7. The van der Waals surface area contributed by atoms with Gasteiger partial charge in [-0.1, -0.05) is 12.1 Å². The van der Waals surface area contributed by atoms with Crippen molar-refractivity contribution in [3.63, 3.8) is 0 Å². The third-order valence-electron chi connectivity index (χ3n) is 6.78. The Morgan fingerprint density at radius 3 is 2.70 bits per heavy atom. The van der Waals surface area contributed by atoms with Gasteiger partial charge in [0.15, 0.2) is 0 Å². The number of amides is 1. The summed E-state index contributed by atoms with van der Waals surface area (Å²) < 4.78 is 15.8. The van der Waals surface area contributed by atoms with Gasteiger partial charge in [-0.15, -0.1) is 0 Å². The molecule has 3 aliphatic heterocycles. The van der Waals surface area contributed by atoms with Crippen molar-refractivity contribution in [3.05, 3.63) is 63.8 Å². The van der Waals surface area contributed by atoms with E-state index in [4.69, 9.17) is 0 Å². The zero-order valence-corrected chi connectivity index (χ0v) is 16.9. The summed E-state index contributed by atoms with van der Waals surface area (Å²) in [7, 11) is 0. The maximum atomic E-state index is 14.0. The molecular formula is C23H27FN4O2. The van der Waals surface area contributed by atoms with Crippen molar-refractivity contribution in [2.75, 3.05) is 31.1 Å². The Morgan fingerprint density at radius 2 is 1.90 bits per heavy atom. The number of halogens is 1. The highest BCUT2D eigenvalue weighted by Gasteiger charge is 2.32. The Morgan fingerprint density at radius 1 is 1.10 bits per heavy atom. The Kier molecular flexibility index (Phi) is 5.06. The van der Waals surface area contributed by atoms with Crippen molar-refractivity contribution < 1.29 is 9.18 Å². The number of para-hydroxylation sites is 1. The lowest BCUT2D eigenvalue weighted by Crippen LogP contribution is -2.48. The summed E-state index contributed by atoms with van der Waals surface area (Å²) in [6, 6.07) is 10.4. The smallest absolute Gasteiger partial charge is 0.263 e. The molecule has 6 nitrogen and oxygen atoms in total. The number of piperidine rings is 2. The molecule has 158 valence electrons. The second-order valence-electron chi connectivity index (χ2n) is 8.73. The fourth-order valence-electron chi connectivity index (χ4n) is 5.20. The molecule has 2 bridgehead atoms. The van der Waals surface area contributed by atoms with E-state index in [-0.39, 0.29) is 28.9 Å². The van der Waals surface area contributed by atoms with E-state index >= 15 is 0 Å². The van der Waals surface area contributed by atoms with Crippen molar-refractivity contribution >= 4 is 11.6 Å². The first-order valence-electron chi connectivity index (χ1n) is 10.8. The van der Waals surface area contributed by atoms with E-state index in [0.717, 1.165) is 38.0 Å². The van der Waals surface area contributed by atoms with E-state index in [1.807, 2.05) is 21.6 Å². The molecule has 0 radical (unpaired) electrons. The first-order chi connectivity index (χ1) is 14.6. The average Bonchev–Trinajstić information content (AvgIpc) is 2.76. The Bertz CT molecular complexity index is 1010. The molecule has 30 heavy (non-hydrogen) atoms. The number of nitrogens with zero attached hydrogens (tertiary/aromatic N) is 2. The summed E-state index contributed by atoms with van der Waals surface area (Å²) in [5, 5.41) is 6.47. The molecule has 0 saturated carbocycles. The highest BCUT2D eigenvalue weighted by Crippen LogP contribution is 2.31. The van der Waals surface area contributed by atoms with E-state index in [1.54, 1.807) is 18.2 Å². The summed E-state index contributed by atoms with van der Waals surface area (Å²) in [5.41, 5.74) is 1.70. The van der Waals surface area contributed by atoms with E-state index in [2.05, 4.69) is 10.6 Å². The fraction of sp³-hybridized carbons (Fsp3) is 0.478.